The Balaban J connectivity index is 1.90. The molecule has 20 heavy (non-hydrogen) atoms. The Kier molecular flexibility index (Phi) is 3.66. The third kappa shape index (κ3) is 2.80. The van der Waals surface area contributed by atoms with Gasteiger partial charge in [-0.25, -0.2) is 4.39 Å². The molecule has 104 valence electrons. The molecule has 2 aromatic carbocycles. The minimum atomic E-state index is -0.197. The minimum Gasteiger partial charge on any atom is -0.377 e. The lowest BCUT2D eigenvalue weighted by Crippen LogP contribution is -2.14. The number of anilines is 1. The van der Waals surface area contributed by atoms with Gasteiger partial charge in [0.1, 0.15) is 5.82 Å². The molecule has 0 radical (unpaired) electrons. The molecule has 1 N–H and O–H groups in total. The van der Waals surface area contributed by atoms with E-state index in [1.165, 1.54) is 25.0 Å². The molecule has 3 rings (SSSR count). The lowest BCUT2D eigenvalue weighted by Gasteiger charge is -2.22. The molecule has 2 aromatic rings. The molecular weight excluding hydrogens is 273 g/mol. The molecule has 1 aliphatic carbocycles. The van der Waals surface area contributed by atoms with Crippen LogP contribution in [-0.2, 0) is 0 Å². The zero-order chi connectivity index (χ0) is 14.1. The summed E-state index contributed by atoms with van der Waals surface area (Å²) in [7, 11) is 0. The van der Waals surface area contributed by atoms with Crippen LogP contribution in [0.3, 0.4) is 0 Å². The zero-order valence-electron chi connectivity index (χ0n) is 11.4. The van der Waals surface area contributed by atoms with Crippen molar-refractivity contribution in [3.05, 3.63) is 64.4 Å². The molecule has 0 saturated heterocycles. The van der Waals surface area contributed by atoms with E-state index in [4.69, 9.17) is 11.6 Å². The fraction of sp³-hybridized carbons (Fsp3) is 0.294. The zero-order valence-corrected chi connectivity index (χ0v) is 12.1. The van der Waals surface area contributed by atoms with Crippen LogP contribution in [0.25, 0.3) is 0 Å². The maximum absolute atomic E-state index is 13.1. The normalized spacial score (nSPS) is 15.9. The molecule has 1 aliphatic rings. The van der Waals surface area contributed by atoms with Gasteiger partial charge in [-0.15, -0.1) is 0 Å². The summed E-state index contributed by atoms with van der Waals surface area (Å²) >= 11 is 6.29. The predicted octanol–water partition coefficient (Wildman–Crippen LogP) is 5.35. The number of hydrogen-bond acceptors (Lipinski definition) is 1. The van der Waals surface area contributed by atoms with Crippen LogP contribution in [0.2, 0.25) is 5.02 Å². The molecule has 0 heterocycles. The van der Waals surface area contributed by atoms with Crippen LogP contribution in [0.15, 0.2) is 42.5 Å². The monoisotopic (exact) mass is 289 g/mol. The second-order valence-electron chi connectivity index (χ2n) is 5.44. The van der Waals surface area contributed by atoms with E-state index in [1.54, 1.807) is 0 Å². The molecule has 0 aromatic heterocycles. The second kappa shape index (κ2) is 5.45. The van der Waals surface area contributed by atoms with E-state index in [0.29, 0.717) is 5.92 Å². The van der Waals surface area contributed by atoms with Crippen LogP contribution in [0.4, 0.5) is 10.1 Å². The maximum Gasteiger partial charge on any atom is 0.123 e. The third-order valence-electron chi connectivity index (χ3n) is 3.84. The molecule has 0 amide bonds. The van der Waals surface area contributed by atoms with Gasteiger partial charge in [-0.2, -0.15) is 0 Å². The van der Waals surface area contributed by atoms with Crippen molar-refractivity contribution in [1.82, 2.24) is 0 Å². The summed E-state index contributed by atoms with van der Waals surface area (Å²) < 4.78 is 13.1. The first-order valence-electron chi connectivity index (χ1n) is 6.92. The first kappa shape index (κ1) is 13.4. The molecule has 1 nitrogen and oxygen atoms in total. The van der Waals surface area contributed by atoms with E-state index in [1.807, 2.05) is 37.3 Å². The molecular formula is C17H17ClFN. The molecule has 1 saturated carbocycles. The third-order valence-corrected chi connectivity index (χ3v) is 4.16. The first-order valence-corrected chi connectivity index (χ1v) is 7.30. The van der Waals surface area contributed by atoms with E-state index in [0.717, 1.165) is 21.8 Å². The van der Waals surface area contributed by atoms with Gasteiger partial charge in [-0.05, 0) is 55.0 Å². The Bertz CT molecular complexity index is 585. The summed E-state index contributed by atoms with van der Waals surface area (Å²) in [6.07, 6.45) is 2.41. The van der Waals surface area contributed by atoms with E-state index < -0.39 is 0 Å². The Morgan fingerprint density at radius 2 is 1.85 bits per heavy atom. The Morgan fingerprint density at radius 1 is 1.15 bits per heavy atom. The fourth-order valence-corrected chi connectivity index (χ4v) is 2.82. The number of rotatable bonds is 4. The van der Waals surface area contributed by atoms with Gasteiger partial charge in [0.05, 0.1) is 16.8 Å². The predicted molar refractivity (Wildman–Crippen MR) is 81.7 cm³/mol. The summed E-state index contributed by atoms with van der Waals surface area (Å²) in [5, 5.41) is 4.29. The molecule has 1 unspecified atom stereocenters. The summed E-state index contributed by atoms with van der Waals surface area (Å²) in [5.41, 5.74) is 3.23. The highest BCUT2D eigenvalue weighted by molar-refractivity contribution is 6.33. The van der Waals surface area contributed by atoms with Crippen molar-refractivity contribution in [3.63, 3.8) is 0 Å². The molecule has 0 bridgehead atoms. The van der Waals surface area contributed by atoms with E-state index in [2.05, 4.69) is 5.32 Å². The van der Waals surface area contributed by atoms with E-state index in [9.17, 15) is 4.39 Å². The van der Waals surface area contributed by atoms with Crippen molar-refractivity contribution in [2.24, 2.45) is 5.92 Å². The average molecular weight is 290 g/mol. The quantitative estimate of drug-likeness (QED) is 0.800. The Labute approximate surface area is 123 Å². The number of para-hydroxylation sites is 1. The lowest BCUT2D eigenvalue weighted by molar-refractivity contribution is 0.622. The van der Waals surface area contributed by atoms with Gasteiger partial charge in [-0.3, -0.25) is 0 Å². The topological polar surface area (TPSA) is 12.0 Å². The summed E-state index contributed by atoms with van der Waals surface area (Å²) in [4.78, 5) is 0. The van der Waals surface area contributed by atoms with Gasteiger partial charge < -0.3 is 5.32 Å². The van der Waals surface area contributed by atoms with Gasteiger partial charge >= 0.3 is 0 Å². The minimum absolute atomic E-state index is 0.197. The summed E-state index contributed by atoms with van der Waals surface area (Å²) in [6.45, 7) is 2.04. The number of aryl methyl sites for hydroxylation is 1. The van der Waals surface area contributed by atoms with Crippen molar-refractivity contribution in [2.45, 2.75) is 25.8 Å². The first-order chi connectivity index (χ1) is 9.65. The smallest absolute Gasteiger partial charge is 0.123 e. The van der Waals surface area contributed by atoms with E-state index >= 15 is 0 Å². The van der Waals surface area contributed by atoms with Crippen molar-refractivity contribution in [2.75, 3.05) is 5.32 Å². The van der Waals surface area contributed by atoms with Crippen LogP contribution in [0.5, 0.6) is 0 Å². The van der Waals surface area contributed by atoms with Gasteiger partial charge in [0.15, 0.2) is 0 Å². The molecule has 3 heteroatoms. The number of benzene rings is 2. The summed E-state index contributed by atoms with van der Waals surface area (Å²) in [5.74, 6) is 0.411. The summed E-state index contributed by atoms with van der Waals surface area (Å²) in [6, 6.07) is 12.8. The van der Waals surface area contributed by atoms with Crippen LogP contribution in [0.1, 0.15) is 30.0 Å². The molecule has 1 fully saturated rings. The molecule has 0 spiro atoms. The highest BCUT2D eigenvalue weighted by Gasteiger charge is 2.32. The van der Waals surface area contributed by atoms with Crippen LogP contribution >= 0.6 is 11.6 Å². The van der Waals surface area contributed by atoms with Crippen molar-refractivity contribution in [1.29, 1.82) is 0 Å². The number of nitrogens with one attached hydrogen (secondary N) is 1. The Hall–Kier alpha value is -1.54. The van der Waals surface area contributed by atoms with Crippen LogP contribution in [-0.4, -0.2) is 0 Å². The highest BCUT2D eigenvalue weighted by atomic mass is 35.5. The molecule has 0 aliphatic heterocycles. The van der Waals surface area contributed by atoms with Gasteiger partial charge in [0.25, 0.3) is 0 Å². The Morgan fingerprint density at radius 3 is 2.45 bits per heavy atom. The lowest BCUT2D eigenvalue weighted by atomic mass is 10.0. The van der Waals surface area contributed by atoms with Gasteiger partial charge in [-0.1, -0.05) is 35.9 Å². The number of halogens is 2. The van der Waals surface area contributed by atoms with Crippen LogP contribution in [0, 0.1) is 18.7 Å². The van der Waals surface area contributed by atoms with E-state index in [-0.39, 0.29) is 11.9 Å². The van der Waals surface area contributed by atoms with Gasteiger partial charge in [0, 0.05) is 0 Å². The standard InChI is InChI=1S/C17H17ClFN/c1-11-3-2-4-15(18)16(11)20-17(12-5-6-12)13-7-9-14(19)10-8-13/h2-4,7-10,12,17,20H,5-6H2,1H3. The number of hydrogen-bond donors (Lipinski definition) is 1. The van der Waals surface area contributed by atoms with Crippen LogP contribution < -0.4 is 5.32 Å². The average Bonchev–Trinajstić information content (AvgIpc) is 3.24. The largest absolute Gasteiger partial charge is 0.377 e. The maximum atomic E-state index is 13.1. The fourth-order valence-electron chi connectivity index (χ4n) is 2.54. The van der Waals surface area contributed by atoms with Crippen molar-refractivity contribution in [3.8, 4) is 0 Å². The van der Waals surface area contributed by atoms with Crippen molar-refractivity contribution >= 4 is 17.3 Å². The van der Waals surface area contributed by atoms with Crippen molar-refractivity contribution < 1.29 is 4.39 Å². The second-order valence-corrected chi connectivity index (χ2v) is 5.85. The highest BCUT2D eigenvalue weighted by Crippen LogP contribution is 2.44. The SMILES string of the molecule is Cc1cccc(Cl)c1NC(c1ccc(F)cc1)C1CC1. The van der Waals surface area contributed by atoms with Gasteiger partial charge in [0.2, 0.25) is 0 Å². The molecule has 1 atom stereocenters.